The lowest BCUT2D eigenvalue weighted by atomic mass is 9.99. The number of aromatic carboxylic acids is 1. The van der Waals surface area contributed by atoms with Gasteiger partial charge in [0.2, 0.25) is 0 Å². The van der Waals surface area contributed by atoms with E-state index in [2.05, 4.69) is 0 Å². The summed E-state index contributed by atoms with van der Waals surface area (Å²) < 4.78 is 19.0. The first-order valence-corrected chi connectivity index (χ1v) is 15.4. The van der Waals surface area contributed by atoms with Gasteiger partial charge in [-0.1, -0.05) is 48.9 Å². The number of nitrogens with zero attached hydrogens (tertiary/aromatic N) is 2. The van der Waals surface area contributed by atoms with E-state index < -0.39 is 18.0 Å². The fourth-order valence-corrected chi connectivity index (χ4v) is 6.68. The first-order chi connectivity index (χ1) is 20.8. The zero-order valence-electron chi connectivity index (χ0n) is 23.9. The normalized spacial score (nSPS) is 14.7. The highest BCUT2D eigenvalue weighted by molar-refractivity contribution is 7.10. The molecule has 43 heavy (non-hydrogen) atoms. The SMILES string of the molecule is CCCC1=C(C(=O)OCC)[C@H](c2cccs2)n2c(s/c(=C\c3ccc(OCc4cccc(C(=O)O)c4)c(OC)c3)c2=O)=N1. The minimum absolute atomic E-state index is 0.154. The fraction of sp³-hybridized carbons (Fsp3) is 0.250. The van der Waals surface area contributed by atoms with Gasteiger partial charge in [0.05, 0.1) is 35.1 Å². The Kier molecular flexibility index (Phi) is 9.22. The van der Waals surface area contributed by atoms with Crippen molar-refractivity contribution in [1.82, 2.24) is 4.57 Å². The van der Waals surface area contributed by atoms with Crippen LogP contribution in [-0.4, -0.2) is 35.3 Å². The highest BCUT2D eigenvalue weighted by Crippen LogP contribution is 2.35. The molecule has 1 atom stereocenters. The van der Waals surface area contributed by atoms with Gasteiger partial charge in [0.1, 0.15) is 12.6 Å². The lowest BCUT2D eigenvalue weighted by Crippen LogP contribution is -2.39. The van der Waals surface area contributed by atoms with Crippen molar-refractivity contribution in [3.8, 4) is 11.5 Å². The van der Waals surface area contributed by atoms with Crippen LogP contribution in [0.5, 0.6) is 11.5 Å². The molecule has 0 amide bonds. The Bertz CT molecular complexity index is 1870. The number of aromatic nitrogens is 1. The van der Waals surface area contributed by atoms with Crippen LogP contribution in [0.3, 0.4) is 0 Å². The van der Waals surface area contributed by atoms with Crippen LogP contribution < -0.4 is 24.4 Å². The van der Waals surface area contributed by atoms with E-state index in [1.807, 2.05) is 30.5 Å². The van der Waals surface area contributed by atoms with Gasteiger partial charge in [-0.05, 0) is 66.3 Å². The lowest BCUT2D eigenvalue weighted by Gasteiger charge is -2.24. The van der Waals surface area contributed by atoms with Crippen molar-refractivity contribution in [3.05, 3.63) is 113 Å². The van der Waals surface area contributed by atoms with Crippen molar-refractivity contribution in [2.45, 2.75) is 39.3 Å². The molecule has 0 radical (unpaired) electrons. The fourth-order valence-electron chi connectivity index (χ4n) is 4.84. The Hall–Kier alpha value is -4.48. The summed E-state index contributed by atoms with van der Waals surface area (Å²) in [6.45, 7) is 4.16. The highest BCUT2D eigenvalue weighted by Gasteiger charge is 2.34. The molecule has 222 valence electrons. The van der Waals surface area contributed by atoms with Gasteiger partial charge in [-0.25, -0.2) is 14.6 Å². The Morgan fingerprint density at radius 2 is 1.93 bits per heavy atom. The number of thiazole rings is 1. The van der Waals surface area contributed by atoms with E-state index in [0.29, 0.717) is 49.7 Å². The lowest BCUT2D eigenvalue weighted by molar-refractivity contribution is -0.139. The number of allylic oxidation sites excluding steroid dienone is 1. The van der Waals surface area contributed by atoms with E-state index >= 15 is 0 Å². The maximum absolute atomic E-state index is 13.9. The van der Waals surface area contributed by atoms with Gasteiger partial charge >= 0.3 is 11.9 Å². The van der Waals surface area contributed by atoms with Crippen molar-refractivity contribution in [1.29, 1.82) is 0 Å². The van der Waals surface area contributed by atoms with Crippen LogP contribution in [0.15, 0.2) is 81.0 Å². The quantitative estimate of drug-likeness (QED) is 0.237. The molecule has 0 unspecified atom stereocenters. The largest absolute Gasteiger partial charge is 0.493 e. The summed E-state index contributed by atoms with van der Waals surface area (Å²) in [6, 6.07) is 15.1. The maximum Gasteiger partial charge on any atom is 0.338 e. The van der Waals surface area contributed by atoms with Crippen molar-refractivity contribution < 1.29 is 28.9 Å². The maximum atomic E-state index is 13.9. The van der Waals surface area contributed by atoms with Crippen LogP contribution in [-0.2, 0) is 16.1 Å². The summed E-state index contributed by atoms with van der Waals surface area (Å²) in [7, 11) is 1.53. The van der Waals surface area contributed by atoms with Crippen LogP contribution in [0.1, 0.15) is 59.1 Å². The molecule has 1 aliphatic heterocycles. The van der Waals surface area contributed by atoms with Gasteiger partial charge < -0.3 is 19.3 Å². The Labute approximate surface area is 255 Å². The molecule has 0 bridgehead atoms. The summed E-state index contributed by atoms with van der Waals surface area (Å²) in [6.07, 6.45) is 3.14. The number of rotatable bonds is 11. The molecule has 2 aromatic carbocycles. The molecule has 0 saturated heterocycles. The summed E-state index contributed by atoms with van der Waals surface area (Å²) in [5, 5.41) is 11.2. The predicted octanol–water partition coefficient (Wildman–Crippen LogP) is 4.93. The summed E-state index contributed by atoms with van der Waals surface area (Å²) in [4.78, 5) is 44.5. The van der Waals surface area contributed by atoms with Gasteiger partial charge in [0.15, 0.2) is 16.3 Å². The molecule has 9 nitrogen and oxygen atoms in total. The van der Waals surface area contributed by atoms with Crippen LogP contribution >= 0.6 is 22.7 Å². The zero-order chi connectivity index (χ0) is 30.5. The standard InChI is InChI=1S/C32H30N2O7S2/c1-4-8-22-27(31(38)40-5-2)28(25-11-7-14-42-25)34-29(35)26(43-32(34)33-22)17-19-12-13-23(24(16-19)39-3)41-18-20-9-6-10-21(15-20)30(36)37/h6-7,9-17,28H,4-5,8,18H2,1-3H3,(H,36,37)/b26-17-/t28-/m0/s1. The minimum Gasteiger partial charge on any atom is -0.493 e. The number of carbonyl (C=O) groups excluding carboxylic acids is 1. The number of hydrogen-bond donors (Lipinski definition) is 1. The van der Waals surface area contributed by atoms with E-state index in [4.69, 9.17) is 19.2 Å². The van der Waals surface area contributed by atoms with E-state index in [1.54, 1.807) is 47.9 Å². The molecule has 0 spiro atoms. The number of carbonyl (C=O) groups is 2. The third kappa shape index (κ3) is 6.32. The Morgan fingerprint density at radius 3 is 2.63 bits per heavy atom. The van der Waals surface area contributed by atoms with Crippen molar-refractivity contribution in [2.24, 2.45) is 4.99 Å². The van der Waals surface area contributed by atoms with Crippen LogP contribution in [0.4, 0.5) is 0 Å². The van der Waals surface area contributed by atoms with Crippen LogP contribution in [0, 0.1) is 0 Å². The first kappa shape index (κ1) is 30.0. The number of fused-ring (bicyclic) bond motifs is 1. The smallest absolute Gasteiger partial charge is 0.338 e. The van der Waals surface area contributed by atoms with Crippen molar-refractivity contribution in [3.63, 3.8) is 0 Å². The highest BCUT2D eigenvalue weighted by atomic mass is 32.1. The number of esters is 1. The molecule has 3 heterocycles. The number of carboxylic acids is 1. The van der Waals surface area contributed by atoms with E-state index in [-0.39, 0.29) is 24.3 Å². The van der Waals surface area contributed by atoms with Crippen molar-refractivity contribution in [2.75, 3.05) is 13.7 Å². The molecular formula is C32H30N2O7S2. The first-order valence-electron chi connectivity index (χ1n) is 13.7. The molecule has 11 heteroatoms. The van der Waals surface area contributed by atoms with Gasteiger partial charge in [-0.3, -0.25) is 9.36 Å². The van der Waals surface area contributed by atoms with E-state index in [0.717, 1.165) is 11.3 Å². The van der Waals surface area contributed by atoms with Gasteiger partial charge in [0, 0.05) is 4.88 Å². The van der Waals surface area contributed by atoms with Crippen LogP contribution in [0.25, 0.3) is 6.08 Å². The summed E-state index contributed by atoms with van der Waals surface area (Å²) in [5.41, 5.74) is 2.40. The molecule has 5 rings (SSSR count). The molecular weight excluding hydrogens is 588 g/mol. The van der Waals surface area contributed by atoms with Crippen molar-refractivity contribution >= 4 is 40.7 Å². The third-order valence-corrected chi connectivity index (χ3v) is 8.67. The molecule has 0 aliphatic carbocycles. The molecule has 1 N–H and O–H groups in total. The molecule has 1 aliphatic rings. The van der Waals surface area contributed by atoms with E-state index in [1.165, 1.54) is 35.8 Å². The molecule has 2 aromatic heterocycles. The number of thiophene rings is 1. The number of ether oxygens (including phenoxy) is 3. The van der Waals surface area contributed by atoms with Crippen LogP contribution in [0.2, 0.25) is 0 Å². The topological polar surface area (TPSA) is 116 Å². The molecule has 0 fully saturated rings. The van der Waals surface area contributed by atoms with Gasteiger partial charge in [0.25, 0.3) is 5.56 Å². The second-order valence-corrected chi connectivity index (χ2v) is 11.6. The average molecular weight is 619 g/mol. The minimum atomic E-state index is -1.01. The molecule has 4 aromatic rings. The predicted molar refractivity (Wildman–Crippen MR) is 165 cm³/mol. The summed E-state index contributed by atoms with van der Waals surface area (Å²) in [5.74, 6) is -0.531. The molecule has 0 saturated carbocycles. The Balaban J connectivity index is 1.52. The average Bonchev–Trinajstić information content (AvgIpc) is 3.64. The number of hydrogen-bond acceptors (Lipinski definition) is 9. The second kappa shape index (κ2) is 13.2. The Morgan fingerprint density at radius 1 is 1.09 bits per heavy atom. The monoisotopic (exact) mass is 618 g/mol. The van der Waals surface area contributed by atoms with Gasteiger partial charge in [-0.15, -0.1) is 11.3 Å². The number of carboxylic acid groups (broad SMARTS) is 1. The zero-order valence-corrected chi connectivity index (χ0v) is 25.5. The number of benzene rings is 2. The second-order valence-electron chi connectivity index (χ2n) is 9.63. The van der Waals surface area contributed by atoms with Gasteiger partial charge in [-0.2, -0.15) is 0 Å². The number of methoxy groups -OCH3 is 1. The third-order valence-electron chi connectivity index (χ3n) is 6.76. The van der Waals surface area contributed by atoms with E-state index in [9.17, 15) is 19.5 Å². The summed E-state index contributed by atoms with van der Waals surface area (Å²) >= 11 is 2.75.